The first kappa shape index (κ1) is 30.9. The maximum Gasteiger partial charge on any atom is 0.340 e. The normalized spacial score (nSPS) is 31.5. The van der Waals surface area contributed by atoms with E-state index in [0.29, 0.717) is 29.1 Å². The summed E-state index contributed by atoms with van der Waals surface area (Å²) in [7, 11) is 0. The SMILES string of the molecule is CC1(C)CCC2(CC1)C[C@@H](C(=O)CC1CCC(C3=NOC(=O)C3)CC1)[C@H](c1cccc(Cl)c1F)[C@]21C(=O)Nc2cc(Cl)ccc21. The Labute approximate surface area is 273 Å². The molecule has 45 heavy (non-hydrogen) atoms. The first-order chi connectivity index (χ1) is 21.4. The number of Topliss-reactive ketones (excluding diaryl/α,β-unsaturated/α-hetero) is 1. The van der Waals surface area contributed by atoms with Crippen LogP contribution in [0.5, 0.6) is 0 Å². The summed E-state index contributed by atoms with van der Waals surface area (Å²) < 4.78 is 16.2. The van der Waals surface area contributed by atoms with Crippen molar-refractivity contribution in [2.24, 2.45) is 33.7 Å². The Hall–Kier alpha value is -2.77. The summed E-state index contributed by atoms with van der Waals surface area (Å²) in [5.74, 6) is -1.82. The van der Waals surface area contributed by atoms with Gasteiger partial charge in [0, 0.05) is 34.9 Å². The number of halogens is 3. The summed E-state index contributed by atoms with van der Waals surface area (Å²) >= 11 is 12.8. The van der Waals surface area contributed by atoms with E-state index in [1.165, 1.54) is 6.07 Å². The summed E-state index contributed by atoms with van der Waals surface area (Å²) in [6, 6.07) is 10.5. The molecule has 3 atom stereocenters. The molecular weight excluding hydrogens is 614 g/mol. The molecule has 3 fully saturated rings. The van der Waals surface area contributed by atoms with Crippen LogP contribution >= 0.6 is 23.2 Å². The lowest BCUT2D eigenvalue weighted by Crippen LogP contribution is -2.52. The smallest absolute Gasteiger partial charge is 0.325 e. The van der Waals surface area contributed by atoms with E-state index >= 15 is 4.39 Å². The minimum absolute atomic E-state index is 0.00933. The Balaban J connectivity index is 1.29. The number of hydrogen-bond donors (Lipinski definition) is 1. The largest absolute Gasteiger partial charge is 0.340 e. The third-order valence-electron chi connectivity index (χ3n) is 12.0. The van der Waals surface area contributed by atoms with Crippen LogP contribution in [0.25, 0.3) is 0 Å². The lowest BCUT2D eigenvalue weighted by Gasteiger charge is -2.51. The molecule has 2 aromatic carbocycles. The Bertz CT molecular complexity index is 1600. The highest BCUT2D eigenvalue weighted by molar-refractivity contribution is 6.31. The molecule has 5 aliphatic rings. The number of carbonyl (C=O) groups excluding carboxylic acids is 3. The van der Waals surface area contributed by atoms with Gasteiger partial charge in [-0.15, -0.1) is 0 Å². The van der Waals surface area contributed by atoms with Crippen molar-refractivity contribution in [2.75, 3.05) is 5.32 Å². The van der Waals surface area contributed by atoms with E-state index in [4.69, 9.17) is 28.0 Å². The van der Waals surface area contributed by atoms with Gasteiger partial charge in [-0.25, -0.2) is 9.18 Å². The summed E-state index contributed by atoms with van der Waals surface area (Å²) in [6.45, 7) is 4.52. The monoisotopic (exact) mass is 652 g/mol. The number of benzene rings is 2. The molecule has 2 aliphatic heterocycles. The van der Waals surface area contributed by atoms with Gasteiger partial charge in [0.1, 0.15) is 11.6 Å². The number of anilines is 1. The van der Waals surface area contributed by atoms with E-state index in [-0.39, 0.29) is 46.4 Å². The van der Waals surface area contributed by atoms with Gasteiger partial charge in [-0.2, -0.15) is 0 Å². The Morgan fingerprint density at radius 1 is 1.04 bits per heavy atom. The van der Waals surface area contributed by atoms with E-state index in [0.717, 1.165) is 62.6 Å². The Morgan fingerprint density at radius 2 is 1.78 bits per heavy atom. The van der Waals surface area contributed by atoms with Gasteiger partial charge in [0.05, 0.1) is 22.6 Å². The molecule has 9 heteroatoms. The molecule has 0 aromatic heterocycles. The highest BCUT2D eigenvalue weighted by Crippen LogP contribution is 2.72. The summed E-state index contributed by atoms with van der Waals surface area (Å²) in [5, 5.41) is 7.62. The minimum Gasteiger partial charge on any atom is -0.325 e. The fourth-order valence-electron chi connectivity index (χ4n) is 9.66. The zero-order valence-corrected chi connectivity index (χ0v) is 27.3. The maximum atomic E-state index is 16.2. The third-order valence-corrected chi connectivity index (χ3v) is 12.5. The lowest BCUT2D eigenvalue weighted by molar-refractivity contribution is -0.140. The molecular formula is C36H39Cl2FN2O4. The lowest BCUT2D eigenvalue weighted by atomic mass is 9.51. The predicted molar refractivity (Wildman–Crippen MR) is 172 cm³/mol. The van der Waals surface area contributed by atoms with Crippen LogP contribution in [0.15, 0.2) is 41.6 Å². The molecule has 3 saturated carbocycles. The van der Waals surface area contributed by atoms with Gasteiger partial charge < -0.3 is 10.2 Å². The highest BCUT2D eigenvalue weighted by atomic mass is 35.5. The van der Waals surface area contributed by atoms with Crippen molar-refractivity contribution >= 4 is 52.3 Å². The minimum atomic E-state index is -1.14. The van der Waals surface area contributed by atoms with Gasteiger partial charge in [-0.05, 0) is 104 Å². The number of rotatable bonds is 5. The molecule has 238 valence electrons. The molecule has 2 aromatic rings. The average Bonchev–Trinajstić information content (AvgIpc) is 3.65. The number of nitrogens with zero attached hydrogens (tertiary/aromatic N) is 1. The van der Waals surface area contributed by atoms with E-state index in [2.05, 4.69) is 24.3 Å². The van der Waals surface area contributed by atoms with E-state index in [1.54, 1.807) is 24.3 Å². The fourth-order valence-corrected chi connectivity index (χ4v) is 10.0. The van der Waals surface area contributed by atoms with Gasteiger partial charge in [0.15, 0.2) is 0 Å². The van der Waals surface area contributed by atoms with Crippen molar-refractivity contribution in [3.63, 3.8) is 0 Å². The Kier molecular flexibility index (Phi) is 7.67. The molecule has 0 bridgehead atoms. The van der Waals surface area contributed by atoms with E-state index in [9.17, 15) is 14.4 Å². The van der Waals surface area contributed by atoms with Crippen molar-refractivity contribution in [3.05, 3.63) is 63.4 Å². The molecule has 2 spiro atoms. The second-order valence-electron chi connectivity index (χ2n) is 14.9. The summed E-state index contributed by atoms with van der Waals surface area (Å²) in [6.07, 6.45) is 7.92. The van der Waals surface area contributed by atoms with E-state index < -0.39 is 28.5 Å². The predicted octanol–water partition coefficient (Wildman–Crippen LogP) is 8.78. The van der Waals surface area contributed by atoms with Crippen LogP contribution in [0.2, 0.25) is 10.0 Å². The maximum absolute atomic E-state index is 16.2. The third kappa shape index (κ3) is 4.95. The van der Waals surface area contributed by atoms with E-state index in [1.807, 2.05) is 6.07 Å². The Morgan fingerprint density at radius 3 is 2.47 bits per heavy atom. The van der Waals surface area contributed by atoms with Crippen LogP contribution in [0.3, 0.4) is 0 Å². The molecule has 0 unspecified atom stereocenters. The topological polar surface area (TPSA) is 84.8 Å². The second kappa shape index (κ2) is 11.2. The number of carbonyl (C=O) groups is 3. The van der Waals surface area contributed by atoms with Crippen LogP contribution in [0.1, 0.15) is 102 Å². The number of nitrogens with one attached hydrogen (secondary N) is 1. The quantitative estimate of drug-likeness (QED) is 0.327. The first-order valence-electron chi connectivity index (χ1n) is 16.3. The summed E-state index contributed by atoms with van der Waals surface area (Å²) in [4.78, 5) is 45.7. The zero-order chi connectivity index (χ0) is 31.7. The molecule has 0 saturated heterocycles. The van der Waals surface area contributed by atoms with Crippen molar-refractivity contribution < 1.29 is 23.6 Å². The van der Waals surface area contributed by atoms with Crippen molar-refractivity contribution in [1.29, 1.82) is 0 Å². The molecule has 1 amide bonds. The number of ketones is 1. The molecule has 0 radical (unpaired) electrons. The first-order valence-corrected chi connectivity index (χ1v) is 17.0. The van der Waals surface area contributed by atoms with Crippen LogP contribution in [-0.4, -0.2) is 23.4 Å². The number of hydrogen-bond acceptors (Lipinski definition) is 5. The number of amides is 1. The van der Waals surface area contributed by atoms with Crippen LogP contribution < -0.4 is 5.32 Å². The van der Waals surface area contributed by atoms with Crippen LogP contribution in [-0.2, 0) is 24.6 Å². The van der Waals surface area contributed by atoms with Crippen molar-refractivity contribution in [2.45, 2.75) is 95.8 Å². The fraction of sp³-hybridized carbons (Fsp3) is 0.556. The molecule has 2 heterocycles. The molecule has 3 aliphatic carbocycles. The van der Waals surface area contributed by atoms with Gasteiger partial charge in [-0.1, -0.05) is 60.4 Å². The molecule has 6 nitrogen and oxygen atoms in total. The van der Waals surface area contributed by atoms with Gasteiger partial charge in [-0.3, -0.25) is 9.59 Å². The highest BCUT2D eigenvalue weighted by Gasteiger charge is 2.72. The number of oxime groups is 1. The second-order valence-corrected chi connectivity index (χ2v) is 15.8. The standard InChI is InChI=1S/C36H39Cl2FN2O4/c1-34(2)12-14-35(15-13-34)19-24(29(42)16-20-6-8-21(9-7-20)27-18-30(43)45-41-27)31(23-4-3-5-26(38)32(23)39)36(35)25-11-10-22(37)17-28(25)40-33(36)44/h3-5,10-11,17,20-21,24,31H,6-9,12-16,18-19H2,1-2H3,(H,40,44)/t20?,21?,24-,31-,36+/m0/s1. The zero-order valence-electron chi connectivity index (χ0n) is 25.8. The molecule has 1 N–H and O–H groups in total. The van der Waals surface area contributed by atoms with Crippen molar-refractivity contribution in [3.8, 4) is 0 Å². The van der Waals surface area contributed by atoms with Crippen LogP contribution in [0.4, 0.5) is 10.1 Å². The van der Waals surface area contributed by atoms with Crippen LogP contribution in [0, 0.1) is 34.4 Å². The molecule has 7 rings (SSSR count). The van der Waals surface area contributed by atoms with Gasteiger partial charge >= 0.3 is 5.97 Å². The van der Waals surface area contributed by atoms with Gasteiger partial charge in [0.2, 0.25) is 5.91 Å². The van der Waals surface area contributed by atoms with Gasteiger partial charge in [0.25, 0.3) is 0 Å². The van der Waals surface area contributed by atoms with Crippen molar-refractivity contribution in [1.82, 2.24) is 0 Å². The average molecular weight is 654 g/mol. The summed E-state index contributed by atoms with van der Waals surface area (Å²) in [5.41, 5.74) is 1.05. The number of fused-ring (bicyclic) bond motifs is 3.